The topological polar surface area (TPSA) is 166 Å². The van der Waals surface area contributed by atoms with Gasteiger partial charge in [0.25, 0.3) is 26.1 Å². The summed E-state index contributed by atoms with van der Waals surface area (Å²) in [4.78, 5) is 11.8. The van der Waals surface area contributed by atoms with Crippen molar-refractivity contribution in [1.82, 2.24) is 0 Å². The van der Waals surface area contributed by atoms with Gasteiger partial charge in [-0.2, -0.15) is 37.2 Å². The number of amides is 1. The molecule has 2 N–H and O–H groups in total. The number of benzene rings is 2. The van der Waals surface area contributed by atoms with Crippen molar-refractivity contribution in [2.45, 2.75) is 29.7 Å². The Morgan fingerprint density at radius 1 is 1.06 bits per heavy atom. The third kappa shape index (κ3) is 4.80. The molecule has 1 heterocycles. The number of aryl methyl sites for hydroxylation is 1. The van der Waals surface area contributed by atoms with Crippen molar-refractivity contribution in [3.05, 3.63) is 47.0 Å². The zero-order valence-corrected chi connectivity index (χ0v) is 18.3. The van der Waals surface area contributed by atoms with Gasteiger partial charge in [-0.25, -0.2) is 0 Å². The number of rotatable bonds is 5. The van der Waals surface area contributed by atoms with E-state index in [1.807, 2.05) is 0 Å². The molecule has 0 aliphatic carbocycles. The molecule has 1 aliphatic heterocycles. The minimum Gasteiger partial charge on any atom is -0.282 e. The number of hydrazone groups is 1. The second-order valence-corrected chi connectivity index (χ2v) is 9.74. The van der Waals surface area contributed by atoms with Gasteiger partial charge in [0, 0.05) is 5.02 Å². The van der Waals surface area contributed by atoms with E-state index in [4.69, 9.17) is 11.6 Å². The normalized spacial score (nSPS) is 17.5. The van der Waals surface area contributed by atoms with Gasteiger partial charge in [0.1, 0.15) is 10.6 Å². The third-order valence-corrected chi connectivity index (χ3v) is 6.39. The minimum atomic E-state index is -4.64. The summed E-state index contributed by atoms with van der Waals surface area (Å²) in [6.45, 7) is 3.01. The maximum Gasteiger partial charge on any atom is 0.296 e. The average molecular weight is 487 g/mol. The first-order valence-electron chi connectivity index (χ1n) is 8.44. The van der Waals surface area contributed by atoms with Crippen LogP contribution in [0.25, 0.3) is 0 Å². The summed E-state index contributed by atoms with van der Waals surface area (Å²) >= 11 is 6.00. The molecule has 11 nitrogen and oxygen atoms in total. The summed E-state index contributed by atoms with van der Waals surface area (Å²) < 4.78 is 64.6. The average Bonchev–Trinajstić information content (AvgIpc) is 2.95. The number of carbonyl (C=O) groups is 1. The molecule has 0 saturated carbocycles. The molecule has 14 heteroatoms. The molecule has 1 amide bonds. The molecule has 2 aromatic carbocycles. The zero-order valence-electron chi connectivity index (χ0n) is 16.0. The molecule has 3 rings (SSSR count). The molecule has 0 spiro atoms. The fourth-order valence-electron chi connectivity index (χ4n) is 2.70. The number of carbonyl (C=O) groups excluding carboxylic acids is 1. The number of azo groups is 1. The Bertz CT molecular complexity index is 1350. The quantitative estimate of drug-likeness (QED) is 0.483. The lowest BCUT2D eigenvalue weighted by Gasteiger charge is -2.13. The first-order chi connectivity index (χ1) is 14.3. The van der Waals surface area contributed by atoms with Crippen LogP contribution >= 0.6 is 11.6 Å². The monoisotopic (exact) mass is 486 g/mol. The Balaban J connectivity index is 1.96. The van der Waals surface area contributed by atoms with Gasteiger partial charge in [0.15, 0.2) is 6.04 Å². The van der Waals surface area contributed by atoms with Gasteiger partial charge in [-0.05, 0) is 49.7 Å². The lowest BCUT2D eigenvalue weighted by molar-refractivity contribution is -0.117. The van der Waals surface area contributed by atoms with E-state index in [9.17, 15) is 30.7 Å². The molecule has 2 aromatic rings. The fourth-order valence-corrected chi connectivity index (χ4v) is 4.07. The maximum atomic E-state index is 12.8. The lowest BCUT2D eigenvalue weighted by Crippen LogP contribution is -2.29. The SMILES string of the molecule is CC1=NN(c2cccc(S(=O)(=O)O)c2)C(=O)C1N=Nc1cc(Cl)c(C)cc1S(=O)(=O)O. The lowest BCUT2D eigenvalue weighted by atomic mass is 10.2. The minimum absolute atomic E-state index is 0.0641. The van der Waals surface area contributed by atoms with Gasteiger partial charge in [-0.3, -0.25) is 13.9 Å². The second kappa shape index (κ2) is 8.09. The Hall–Kier alpha value is -2.71. The molecular formula is C17H15ClN4O7S2. The number of halogens is 1. The van der Waals surface area contributed by atoms with Crippen molar-refractivity contribution in [1.29, 1.82) is 0 Å². The summed E-state index contributed by atoms with van der Waals surface area (Å²) in [6, 6.07) is 5.99. The van der Waals surface area contributed by atoms with E-state index in [2.05, 4.69) is 15.3 Å². The van der Waals surface area contributed by atoms with E-state index in [1.165, 1.54) is 32.0 Å². The van der Waals surface area contributed by atoms with Crippen LogP contribution in [0.2, 0.25) is 5.02 Å². The van der Waals surface area contributed by atoms with E-state index in [1.54, 1.807) is 0 Å². The number of anilines is 1. The van der Waals surface area contributed by atoms with Gasteiger partial charge in [-0.1, -0.05) is 17.7 Å². The van der Waals surface area contributed by atoms with Gasteiger partial charge in [-0.15, -0.1) is 0 Å². The van der Waals surface area contributed by atoms with Crippen LogP contribution in [0.3, 0.4) is 0 Å². The first kappa shape index (κ1) is 23.0. The molecule has 0 saturated heterocycles. The Labute approximate surface area is 182 Å². The van der Waals surface area contributed by atoms with Crippen molar-refractivity contribution in [3.8, 4) is 0 Å². The summed E-state index contributed by atoms with van der Waals surface area (Å²) in [5.41, 5.74) is 0.366. The molecule has 1 aliphatic rings. The molecule has 164 valence electrons. The third-order valence-electron chi connectivity index (χ3n) is 4.26. The van der Waals surface area contributed by atoms with E-state index in [0.717, 1.165) is 23.2 Å². The Morgan fingerprint density at radius 2 is 1.74 bits per heavy atom. The van der Waals surface area contributed by atoms with E-state index >= 15 is 0 Å². The highest BCUT2D eigenvalue weighted by Crippen LogP contribution is 2.32. The Morgan fingerprint density at radius 3 is 2.35 bits per heavy atom. The number of hydrogen-bond donors (Lipinski definition) is 2. The highest BCUT2D eigenvalue weighted by Gasteiger charge is 2.35. The van der Waals surface area contributed by atoms with Crippen LogP contribution in [0.15, 0.2) is 61.5 Å². The largest absolute Gasteiger partial charge is 0.296 e. The van der Waals surface area contributed by atoms with E-state index in [0.29, 0.717) is 5.56 Å². The van der Waals surface area contributed by atoms with Crippen LogP contribution in [0.1, 0.15) is 12.5 Å². The van der Waals surface area contributed by atoms with Gasteiger partial charge >= 0.3 is 0 Å². The van der Waals surface area contributed by atoms with Crippen molar-refractivity contribution in [3.63, 3.8) is 0 Å². The van der Waals surface area contributed by atoms with Gasteiger partial charge in [0.2, 0.25) is 0 Å². The predicted octanol–water partition coefficient (Wildman–Crippen LogP) is 3.02. The molecule has 0 bridgehead atoms. The summed E-state index contributed by atoms with van der Waals surface area (Å²) in [7, 11) is -9.13. The van der Waals surface area contributed by atoms with Crippen LogP contribution in [0.5, 0.6) is 0 Å². The molecule has 0 aromatic heterocycles. The molecule has 1 unspecified atom stereocenters. The van der Waals surface area contributed by atoms with Crippen LogP contribution in [0, 0.1) is 6.92 Å². The zero-order chi connectivity index (χ0) is 23.1. The second-order valence-electron chi connectivity index (χ2n) is 6.53. The van der Waals surface area contributed by atoms with Crippen LogP contribution in [-0.4, -0.2) is 43.6 Å². The molecule has 0 fully saturated rings. The van der Waals surface area contributed by atoms with Gasteiger partial charge in [0.05, 0.1) is 16.3 Å². The van der Waals surface area contributed by atoms with E-state index < -0.39 is 42.0 Å². The van der Waals surface area contributed by atoms with Gasteiger partial charge < -0.3 is 0 Å². The van der Waals surface area contributed by atoms with Crippen molar-refractivity contribution < 1.29 is 30.7 Å². The molecular weight excluding hydrogens is 472 g/mol. The summed E-state index contributed by atoms with van der Waals surface area (Å²) in [5.74, 6) is -0.694. The van der Waals surface area contributed by atoms with Crippen molar-refractivity contribution in [2.24, 2.45) is 15.3 Å². The smallest absolute Gasteiger partial charge is 0.282 e. The van der Waals surface area contributed by atoms with Crippen LogP contribution in [0.4, 0.5) is 11.4 Å². The highest BCUT2D eigenvalue weighted by atomic mass is 35.5. The van der Waals surface area contributed by atoms with Crippen molar-refractivity contribution >= 4 is 54.8 Å². The summed E-state index contributed by atoms with van der Waals surface area (Å²) in [5, 5.41) is 12.7. The number of hydrogen-bond acceptors (Lipinski definition) is 8. The fraction of sp³-hybridized carbons (Fsp3) is 0.176. The van der Waals surface area contributed by atoms with Crippen LogP contribution < -0.4 is 5.01 Å². The standard InChI is InChI=1S/C17H15ClN4O7S2/c1-9-6-15(31(27,28)29)14(8-13(9)18)19-20-16-10(2)21-22(17(16)23)11-4-3-5-12(7-11)30(24,25)26/h3-8,16H,1-2H3,(H,24,25,26)(H,27,28,29). The van der Waals surface area contributed by atoms with Crippen molar-refractivity contribution in [2.75, 3.05) is 5.01 Å². The summed E-state index contributed by atoms with van der Waals surface area (Å²) in [6.07, 6.45) is 0. The maximum absolute atomic E-state index is 12.8. The Kier molecular flexibility index (Phi) is 5.99. The molecule has 31 heavy (non-hydrogen) atoms. The van der Waals surface area contributed by atoms with E-state index in [-0.39, 0.29) is 22.1 Å². The van der Waals surface area contributed by atoms with Crippen LogP contribution in [-0.2, 0) is 25.0 Å². The molecule has 0 radical (unpaired) electrons. The predicted molar refractivity (Wildman–Crippen MR) is 111 cm³/mol. The molecule has 1 atom stereocenters. The number of nitrogens with zero attached hydrogens (tertiary/aromatic N) is 4. The first-order valence-corrected chi connectivity index (χ1v) is 11.7. The highest BCUT2D eigenvalue weighted by molar-refractivity contribution is 7.86.